The Bertz CT molecular complexity index is 699. The van der Waals surface area contributed by atoms with Gasteiger partial charge in [-0.25, -0.2) is 13.4 Å². The number of hydrogen-bond donors (Lipinski definition) is 2. The molecule has 1 aromatic heterocycles. The summed E-state index contributed by atoms with van der Waals surface area (Å²) in [5, 5.41) is 2.78. The highest BCUT2D eigenvalue weighted by molar-refractivity contribution is 7.92. The number of nitrogens with zero attached hydrogens (tertiary/aromatic N) is 1. The molecule has 2 N–H and O–H groups in total. The van der Waals surface area contributed by atoms with Gasteiger partial charge in [-0.2, -0.15) is 0 Å². The molecule has 2 aromatic rings. The highest BCUT2D eigenvalue weighted by atomic mass is 32.2. The summed E-state index contributed by atoms with van der Waals surface area (Å²) in [6.45, 7) is 2.02. The standard InChI is InChI=1S/C14H17N3O2S/c1-3-11-6-4-7-12(10-11)17-20(18,19)13-8-5-9-16-14(13)15-2/h4-10,17H,3H2,1-2H3,(H,15,16). The highest BCUT2D eigenvalue weighted by Gasteiger charge is 2.18. The molecule has 2 rings (SSSR count). The lowest BCUT2D eigenvalue weighted by atomic mass is 10.1. The van der Waals surface area contributed by atoms with Crippen LogP contribution in [0.3, 0.4) is 0 Å². The van der Waals surface area contributed by atoms with E-state index in [1.54, 1.807) is 25.4 Å². The van der Waals surface area contributed by atoms with Crippen LogP contribution in [-0.2, 0) is 16.4 Å². The van der Waals surface area contributed by atoms with Crippen molar-refractivity contribution in [2.75, 3.05) is 17.1 Å². The normalized spacial score (nSPS) is 11.1. The van der Waals surface area contributed by atoms with Crippen molar-refractivity contribution in [3.63, 3.8) is 0 Å². The fraction of sp³-hybridized carbons (Fsp3) is 0.214. The number of pyridine rings is 1. The van der Waals surface area contributed by atoms with Crippen molar-refractivity contribution < 1.29 is 8.42 Å². The van der Waals surface area contributed by atoms with Gasteiger partial charge in [-0.1, -0.05) is 19.1 Å². The summed E-state index contributed by atoms with van der Waals surface area (Å²) in [4.78, 5) is 4.14. The highest BCUT2D eigenvalue weighted by Crippen LogP contribution is 2.21. The molecular formula is C14H17N3O2S. The number of rotatable bonds is 5. The molecule has 6 heteroatoms. The number of aromatic nitrogens is 1. The number of anilines is 2. The number of benzene rings is 1. The lowest BCUT2D eigenvalue weighted by Crippen LogP contribution is -2.15. The molecule has 20 heavy (non-hydrogen) atoms. The molecule has 0 aliphatic rings. The maximum atomic E-state index is 12.4. The minimum Gasteiger partial charge on any atom is -0.372 e. The average Bonchev–Trinajstić information content (AvgIpc) is 2.47. The van der Waals surface area contributed by atoms with E-state index >= 15 is 0 Å². The van der Waals surface area contributed by atoms with Gasteiger partial charge in [0.25, 0.3) is 10.0 Å². The van der Waals surface area contributed by atoms with E-state index in [0.717, 1.165) is 12.0 Å². The monoisotopic (exact) mass is 291 g/mol. The number of hydrogen-bond acceptors (Lipinski definition) is 4. The maximum Gasteiger partial charge on any atom is 0.265 e. The molecule has 106 valence electrons. The first kappa shape index (κ1) is 14.3. The van der Waals surface area contributed by atoms with Crippen LogP contribution in [0.2, 0.25) is 0 Å². The first-order valence-corrected chi connectivity index (χ1v) is 7.79. The van der Waals surface area contributed by atoms with Gasteiger partial charge in [-0.15, -0.1) is 0 Å². The molecule has 0 atom stereocenters. The third kappa shape index (κ3) is 3.08. The van der Waals surface area contributed by atoms with Crippen LogP contribution < -0.4 is 10.0 Å². The zero-order valence-corrected chi connectivity index (χ0v) is 12.2. The van der Waals surface area contributed by atoms with E-state index in [-0.39, 0.29) is 4.90 Å². The van der Waals surface area contributed by atoms with Crippen molar-refractivity contribution in [2.45, 2.75) is 18.2 Å². The molecule has 0 fully saturated rings. The van der Waals surface area contributed by atoms with Crippen LogP contribution in [0.25, 0.3) is 0 Å². The van der Waals surface area contributed by atoms with Crippen LogP contribution in [0.4, 0.5) is 11.5 Å². The van der Waals surface area contributed by atoms with Gasteiger partial charge in [0.1, 0.15) is 10.7 Å². The van der Waals surface area contributed by atoms with Gasteiger partial charge in [0.15, 0.2) is 0 Å². The minimum atomic E-state index is -3.66. The number of aryl methyl sites for hydroxylation is 1. The van der Waals surface area contributed by atoms with Gasteiger partial charge in [0.05, 0.1) is 0 Å². The van der Waals surface area contributed by atoms with Crippen LogP contribution in [0.15, 0.2) is 47.5 Å². The van der Waals surface area contributed by atoms with E-state index in [2.05, 4.69) is 15.0 Å². The Morgan fingerprint density at radius 2 is 2.00 bits per heavy atom. The molecule has 0 spiro atoms. The summed E-state index contributed by atoms with van der Waals surface area (Å²) in [7, 11) is -2.02. The molecule has 5 nitrogen and oxygen atoms in total. The molecule has 1 aromatic carbocycles. The first-order chi connectivity index (χ1) is 9.56. The van der Waals surface area contributed by atoms with Gasteiger partial charge in [0.2, 0.25) is 0 Å². The quantitative estimate of drug-likeness (QED) is 0.888. The molecule has 1 heterocycles. The Labute approximate surface area is 119 Å². The second kappa shape index (κ2) is 5.92. The van der Waals surface area contributed by atoms with Crippen molar-refractivity contribution in [3.8, 4) is 0 Å². The van der Waals surface area contributed by atoms with Crippen LogP contribution >= 0.6 is 0 Å². The second-order valence-corrected chi connectivity index (χ2v) is 5.91. The Hall–Kier alpha value is -2.08. The summed E-state index contributed by atoms with van der Waals surface area (Å²) in [6.07, 6.45) is 2.40. The SMILES string of the molecule is CCc1cccc(NS(=O)(=O)c2cccnc2NC)c1. The fourth-order valence-corrected chi connectivity index (χ4v) is 3.07. The molecule has 0 bridgehead atoms. The Morgan fingerprint density at radius 3 is 2.70 bits per heavy atom. The van der Waals surface area contributed by atoms with E-state index in [0.29, 0.717) is 11.5 Å². The number of sulfonamides is 1. The molecule has 0 unspecified atom stereocenters. The smallest absolute Gasteiger partial charge is 0.265 e. The summed E-state index contributed by atoms with van der Waals surface area (Å²) >= 11 is 0. The Morgan fingerprint density at radius 1 is 1.20 bits per heavy atom. The van der Waals surface area contributed by atoms with E-state index in [1.807, 2.05) is 25.1 Å². The van der Waals surface area contributed by atoms with Gasteiger partial charge in [-0.05, 0) is 36.2 Å². The fourth-order valence-electron chi connectivity index (χ4n) is 1.86. The van der Waals surface area contributed by atoms with Crippen molar-refractivity contribution in [2.24, 2.45) is 0 Å². The van der Waals surface area contributed by atoms with E-state index < -0.39 is 10.0 Å². The zero-order chi connectivity index (χ0) is 14.6. The molecule has 0 saturated heterocycles. The van der Waals surface area contributed by atoms with E-state index in [4.69, 9.17) is 0 Å². The molecular weight excluding hydrogens is 274 g/mol. The lowest BCUT2D eigenvalue weighted by molar-refractivity contribution is 0.601. The van der Waals surface area contributed by atoms with Gasteiger partial charge in [-0.3, -0.25) is 4.72 Å². The first-order valence-electron chi connectivity index (χ1n) is 6.31. The van der Waals surface area contributed by atoms with Gasteiger partial charge in [0, 0.05) is 18.9 Å². The summed E-state index contributed by atoms with van der Waals surface area (Å²) in [5.74, 6) is 0.326. The molecule has 0 amide bonds. The van der Waals surface area contributed by atoms with Gasteiger partial charge >= 0.3 is 0 Å². The van der Waals surface area contributed by atoms with Crippen molar-refractivity contribution in [1.82, 2.24) is 4.98 Å². The minimum absolute atomic E-state index is 0.129. The van der Waals surface area contributed by atoms with Crippen molar-refractivity contribution in [1.29, 1.82) is 0 Å². The van der Waals surface area contributed by atoms with Crippen LogP contribution in [0, 0.1) is 0 Å². The molecule has 0 saturated carbocycles. The maximum absolute atomic E-state index is 12.4. The Kier molecular flexibility index (Phi) is 4.24. The van der Waals surface area contributed by atoms with Crippen molar-refractivity contribution in [3.05, 3.63) is 48.2 Å². The topological polar surface area (TPSA) is 71.1 Å². The predicted octanol–water partition coefficient (Wildman–Crippen LogP) is 2.49. The van der Waals surface area contributed by atoms with Crippen molar-refractivity contribution >= 4 is 21.5 Å². The zero-order valence-electron chi connectivity index (χ0n) is 11.4. The van der Waals surface area contributed by atoms with E-state index in [1.165, 1.54) is 6.07 Å². The van der Waals surface area contributed by atoms with Crippen LogP contribution in [0.5, 0.6) is 0 Å². The molecule has 0 aliphatic heterocycles. The summed E-state index contributed by atoms with van der Waals surface area (Å²) in [6, 6.07) is 10.5. The van der Waals surface area contributed by atoms with Crippen LogP contribution in [-0.4, -0.2) is 20.4 Å². The lowest BCUT2D eigenvalue weighted by Gasteiger charge is -2.11. The van der Waals surface area contributed by atoms with Gasteiger partial charge < -0.3 is 5.32 Å². The van der Waals surface area contributed by atoms with E-state index in [9.17, 15) is 8.42 Å². The Balaban J connectivity index is 2.35. The molecule has 0 radical (unpaired) electrons. The summed E-state index contributed by atoms with van der Waals surface area (Å²) in [5.41, 5.74) is 1.63. The second-order valence-electron chi connectivity index (χ2n) is 4.26. The third-order valence-corrected chi connectivity index (χ3v) is 4.30. The van der Waals surface area contributed by atoms with Crippen LogP contribution in [0.1, 0.15) is 12.5 Å². The largest absolute Gasteiger partial charge is 0.372 e. The molecule has 0 aliphatic carbocycles. The average molecular weight is 291 g/mol. The third-order valence-electron chi connectivity index (χ3n) is 2.88. The summed E-state index contributed by atoms with van der Waals surface area (Å²) < 4.78 is 27.4. The predicted molar refractivity (Wildman–Crippen MR) is 80.4 cm³/mol. The number of nitrogens with one attached hydrogen (secondary N) is 2.